The maximum absolute atomic E-state index is 5.69. The molecule has 0 spiro atoms. The average molecular weight is 202 g/mol. The van der Waals surface area contributed by atoms with Gasteiger partial charge < -0.3 is 10.5 Å². The summed E-state index contributed by atoms with van der Waals surface area (Å²) in [6, 6.07) is 3.59. The number of hydrogen-bond donors (Lipinski definition) is 1. The van der Waals surface area contributed by atoms with Crippen LogP contribution in [-0.2, 0) is 0 Å². The van der Waals surface area contributed by atoms with E-state index < -0.39 is 0 Å². The SMILES string of the molecule is COc1ccc(-c2nccnc2N)cn1. The van der Waals surface area contributed by atoms with Crippen LogP contribution in [0.15, 0.2) is 30.7 Å². The van der Waals surface area contributed by atoms with Gasteiger partial charge in [0.05, 0.1) is 7.11 Å². The van der Waals surface area contributed by atoms with Gasteiger partial charge in [-0.1, -0.05) is 0 Å². The predicted octanol–water partition coefficient (Wildman–Crippen LogP) is 1.13. The highest BCUT2D eigenvalue weighted by atomic mass is 16.5. The molecule has 5 heteroatoms. The minimum absolute atomic E-state index is 0.393. The van der Waals surface area contributed by atoms with Crippen molar-refractivity contribution in [3.05, 3.63) is 30.7 Å². The summed E-state index contributed by atoms with van der Waals surface area (Å²) in [5.41, 5.74) is 7.14. The molecule has 2 N–H and O–H groups in total. The topological polar surface area (TPSA) is 73.9 Å². The summed E-state index contributed by atoms with van der Waals surface area (Å²) in [5, 5.41) is 0. The van der Waals surface area contributed by atoms with Crippen LogP contribution in [-0.4, -0.2) is 22.1 Å². The van der Waals surface area contributed by atoms with Crippen molar-refractivity contribution < 1.29 is 4.74 Å². The fourth-order valence-corrected chi connectivity index (χ4v) is 1.21. The van der Waals surface area contributed by atoms with E-state index in [1.54, 1.807) is 31.8 Å². The zero-order valence-corrected chi connectivity index (χ0v) is 8.21. The Morgan fingerprint density at radius 3 is 2.53 bits per heavy atom. The smallest absolute Gasteiger partial charge is 0.212 e. The predicted molar refractivity (Wildman–Crippen MR) is 56.2 cm³/mol. The lowest BCUT2D eigenvalue weighted by atomic mass is 10.2. The maximum atomic E-state index is 5.69. The number of hydrogen-bond acceptors (Lipinski definition) is 5. The second-order valence-corrected chi connectivity index (χ2v) is 2.88. The first-order chi connectivity index (χ1) is 7.31. The van der Waals surface area contributed by atoms with Crippen molar-refractivity contribution in [2.75, 3.05) is 12.8 Å². The highest BCUT2D eigenvalue weighted by Crippen LogP contribution is 2.21. The van der Waals surface area contributed by atoms with Gasteiger partial charge in [0.25, 0.3) is 0 Å². The molecule has 0 unspecified atom stereocenters. The van der Waals surface area contributed by atoms with Gasteiger partial charge in [-0.3, -0.25) is 4.98 Å². The number of aromatic nitrogens is 3. The van der Waals surface area contributed by atoms with Crippen molar-refractivity contribution in [3.63, 3.8) is 0 Å². The van der Waals surface area contributed by atoms with Gasteiger partial charge in [-0.25, -0.2) is 9.97 Å². The van der Waals surface area contributed by atoms with E-state index >= 15 is 0 Å². The molecule has 2 heterocycles. The summed E-state index contributed by atoms with van der Waals surface area (Å²) in [7, 11) is 1.57. The standard InChI is InChI=1S/C10H10N4O/c1-15-8-3-2-7(6-14-8)9-10(11)13-5-4-12-9/h2-6H,1H3,(H2,11,13). The van der Waals surface area contributed by atoms with E-state index in [0.717, 1.165) is 5.56 Å². The number of rotatable bonds is 2. The quantitative estimate of drug-likeness (QED) is 0.790. The number of pyridine rings is 1. The molecule has 0 aliphatic heterocycles. The van der Waals surface area contributed by atoms with Crippen molar-refractivity contribution in [2.45, 2.75) is 0 Å². The molecule has 0 atom stereocenters. The molecule has 0 saturated carbocycles. The van der Waals surface area contributed by atoms with Gasteiger partial charge in [0, 0.05) is 30.2 Å². The monoisotopic (exact) mass is 202 g/mol. The summed E-state index contributed by atoms with van der Waals surface area (Å²) in [4.78, 5) is 12.2. The molecule has 0 amide bonds. The summed E-state index contributed by atoms with van der Waals surface area (Å²) >= 11 is 0. The molecule has 5 nitrogen and oxygen atoms in total. The molecule has 2 aromatic rings. The molecule has 2 aromatic heterocycles. The van der Waals surface area contributed by atoms with Crippen LogP contribution < -0.4 is 10.5 Å². The van der Waals surface area contributed by atoms with E-state index in [1.807, 2.05) is 6.07 Å². The third-order valence-corrected chi connectivity index (χ3v) is 1.95. The van der Waals surface area contributed by atoms with Gasteiger partial charge in [0.2, 0.25) is 5.88 Å². The lowest BCUT2D eigenvalue weighted by molar-refractivity contribution is 0.398. The molecule has 0 aliphatic rings. The average Bonchev–Trinajstić information content (AvgIpc) is 2.30. The lowest BCUT2D eigenvalue weighted by Crippen LogP contribution is -1.96. The highest BCUT2D eigenvalue weighted by Gasteiger charge is 2.04. The fraction of sp³-hybridized carbons (Fsp3) is 0.100. The van der Waals surface area contributed by atoms with Gasteiger partial charge in [-0.05, 0) is 6.07 Å². The molecule has 0 saturated heterocycles. The van der Waals surface area contributed by atoms with E-state index in [1.165, 1.54) is 0 Å². The maximum Gasteiger partial charge on any atom is 0.212 e. The molecule has 0 fully saturated rings. The summed E-state index contributed by atoms with van der Waals surface area (Å²) in [6.07, 6.45) is 4.80. The second kappa shape index (κ2) is 3.91. The van der Waals surface area contributed by atoms with Crippen LogP contribution in [0.2, 0.25) is 0 Å². The third kappa shape index (κ3) is 1.85. The van der Waals surface area contributed by atoms with Gasteiger partial charge in [0.1, 0.15) is 11.5 Å². The van der Waals surface area contributed by atoms with Crippen molar-refractivity contribution in [3.8, 4) is 17.1 Å². The number of anilines is 1. The van der Waals surface area contributed by atoms with Crippen LogP contribution in [0, 0.1) is 0 Å². The van der Waals surface area contributed by atoms with Crippen molar-refractivity contribution in [1.29, 1.82) is 0 Å². The van der Waals surface area contributed by atoms with Crippen molar-refractivity contribution in [1.82, 2.24) is 15.0 Å². The number of nitrogen functional groups attached to an aromatic ring is 1. The Morgan fingerprint density at radius 2 is 1.93 bits per heavy atom. The third-order valence-electron chi connectivity index (χ3n) is 1.95. The zero-order valence-electron chi connectivity index (χ0n) is 8.21. The largest absolute Gasteiger partial charge is 0.481 e. The van der Waals surface area contributed by atoms with Gasteiger partial charge in [-0.15, -0.1) is 0 Å². The van der Waals surface area contributed by atoms with E-state index in [9.17, 15) is 0 Å². The Kier molecular flexibility index (Phi) is 2.45. The van der Waals surface area contributed by atoms with Crippen LogP contribution in [0.1, 0.15) is 0 Å². The Hall–Kier alpha value is -2.17. The second-order valence-electron chi connectivity index (χ2n) is 2.88. The molecule has 76 valence electrons. The van der Waals surface area contributed by atoms with Crippen LogP contribution in [0.25, 0.3) is 11.3 Å². The summed E-state index contributed by atoms with van der Waals surface area (Å²) in [5.74, 6) is 0.950. The van der Waals surface area contributed by atoms with Crippen LogP contribution >= 0.6 is 0 Å². The molecular formula is C10H10N4O. The first-order valence-corrected chi connectivity index (χ1v) is 4.38. The zero-order chi connectivity index (χ0) is 10.7. The molecular weight excluding hydrogens is 192 g/mol. The fourth-order valence-electron chi connectivity index (χ4n) is 1.21. The number of nitrogens with zero attached hydrogens (tertiary/aromatic N) is 3. The highest BCUT2D eigenvalue weighted by molar-refractivity contribution is 5.68. The Bertz CT molecular complexity index is 455. The lowest BCUT2D eigenvalue weighted by Gasteiger charge is -2.03. The van der Waals surface area contributed by atoms with Gasteiger partial charge in [-0.2, -0.15) is 0 Å². The van der Waals surface area contributed by atoms with E-state index in [2.05, 4.69) is 15.0 Å². The Labute approximate surface area is 87.0 Å². The number of methoxy groups -OCH3 is 1. The van der Waals surface area contributed by atoms with Gasteiger partial charge >= 0.3 is 0 Å². The van der Waals surface area contributed by atoms with E-state index in [4.69, 9.17) is 10.5 Å². The Balaban J connectivity index is 2.42. The number of ether oxygens (including phenoxy) is 1. The van der Waals surface area contributed by atoms with E-state index in [-0.39, 0.29) is 0 Å². The molecule has 15 heavy (non-hydrogen) atoms. The molecule has 0 bridgehead atoms. The first kappa shape index (κ1) is 9.39. The van der Waals surface area contributed by atoms with Crippen LogP contribution in [0.4, 0.5) is 5.82 Å². The van der Waals surface area contributed by atoms with Crippen LogP contribution in [0.5, 0.6) is 5.88 Å². The Morgan fingerprint density at radius 1 is 1.13 bits per heavy atom. The van der Waals surface area contributed by atoms with Crippen LogP contribution in [0.3, 0.4) is 0 Å². The van der Waals surface area contributed by atoms with E-state index in [0.29, 0.717) is 17.4 Å². The molecule has 0 radical (unpaired) electrons. The van der Waals surface area contributed by atoms with Gasteiger partial charge in [0.15, 0.2) is 0 Å². The van der Waals surface area contributed by atoms with Crippen molar-refractivity contribution in [2.24, 2.45) is 0 Å². The molecule has 0 aliphatic carbocycles. The summed E-state index contributed by atoms with van der Waals surface area (Å²) in [6.45, 7) is 0. The minimum atomic E-state index is 0.393. The first-order valence-electron chi connectivity index (χ1n) is 4.38. The minimum Gasteiger partial charge on any atom is -0.481 e. The molecule has 0 aromatic carbocycles. The molecule has 2 rings (SSSR count). The van der Waals surface area contributed by atoms with Crippen molar-refractivity contribution >= 4 is 5.82 Å². The summed E-state index contributed by atoms with van der Waals surface area (Å²) < 4.78 is 4.96. The normalized spacial score (nSPS) is 9.93. The number of nitrogens with two attached hydrogens (primary N) is 1.